The van der Waals surface area contributed by atoms with Gasteiger partial charge in [-0.3, -0.25) is 4.79 Å². The lowest BCUT2D eigenvalue weighted by Crippen LogP contribution is -2.43. The quantitative estimate of drug-likeness (QED) is 0.682. The Balaban J connectivity index is 1.63. The topological polar surface area (TPSA) is 97.0 Å². The van der Waals surface area contributed by atoms with Gasteiger partial charge in [0.1, 0.15) is 0 Å². The first kappa shape index (κ1) is 19.9. The third-order valence-corrected chi connectivity index (χ3v) is 6.75. The number of rotatable bonds is 6. The van der Waals surface area contributed by atoms with Gasteiger partial charge < -0.3 is 20.1 Å². The van der Waals surface area contributed by atoms with E-state index in [2.05, 4.69) is 10.6 Å². The standard InChI is InChI=1S/C18H27N3O5S/c1-19-7-8-20-18(22)14-5-9-21(10-6-14)27(23,24)15-3-4-16-17(13-15)26-12-2-11-25-16/h3-4,13-14,19H,2,5-12H2,1H3,(H,20,22). The molecule has 3 rings (SSSR count). The fraction of sp³-hybridized carbons (Fsp3) is 0.611. The minimum absolute atomic E-state index is 0.00197. The lowest BCUT2D eigenvalue weighted by Gasteiger charge is -2.30. The fourth-order valence-electron chi connectivity index (χ4n) is 3.27. The number of amides is 1. The van der Waals surface area contributed by atoms with Gasteiger partial charge in [0.05, 0.1) is 18.1 Å². The second kappa shape index (κ2) is 8.90. The average Bonchev–Trinajstić information content (AvgIpc) is 2.93. The van der Waals surface area contributed by atoms with Crippen LogP contribution in [0.5, 0.6) is 11.5 Å². The maximum atomic E-state index is 13.0. The molecule has 0 saturated carbocycles. The Morgan fingerprint density at radius 1 is 1.15 bits per heavy atom. The highest BCUT2D eigenvalue weighted by Gasteiger charge is 2.32. The summed E-state index contributed by atoms with van der Waals surface area (Å²) < 4.78 is 38.5. The first-order valence-corrected chi connectivity index (χ1v) is 10.8. The van der Waals surface area contributed by atoms with Crippen molar-refractivity contribution >= 4 is 15.9 Å². The molecule has 0 atom stereocenters. The van der Waals surface area contributed by atoms with Gasteiger partial charge in [-0.2, -0.15) is 4.31 Å². The summed E-state index contributed by atoms with van der Waals surface area (Å²) in [5, 5.41) is 5.85. The van der Waals surface area contributed by atoms with Crippen molar-refractivity contribution < 1.29 is 22.7 Å². The maximum absolute atomic E-state index is 13.0. The minimum atomic E-state index is -3.62. The number of hydrogen-bond donors (Lipinski definition) is 2. The number of nitrogens with one attached hydrogen (secondary N) is 2. The van der Waals surface area contributed by atoms with E-state index in [-0.39, 0.29) is 16.7 Å². The van der Waals surface area contributed by atoms with Crippen LogP contribution in [0.15, 0.2) is 23.1 Å². The summed E-state index contributed by atoms with van der Waals surface area (Å²) in [5.74, 6) is 0.894. The van der Waals surface area contributed by atoms with Gasteiger partial charge in [-0.1, -0.05) is 0 Å². The smallest absolute Gasteiger partial charge is 0.243 e. The monoisotopic (exact) mass is 397 g/mol. The van der Waals surface area contributed by atoms with Crippen molar-refractivity contribution in [2.45, 2.75) is 24.2 Å². The molecule has 0 spiro atoms. The van der Waals surface area contributed by atoms with Gasteiger partial charge in [-0.05, 0) is 32.0 Å². The zero-order valence-electron chi connectivity index (χ0n) is 15.6. The first-order chi connectivity index (χ1) is 13.0. The molecule has 9 heteroatoms. The molecular weight excluding hydrogens is 370 g/mol. The van der Waals surface area contributed by atoms with Gasteiger partial charge in [0.2, 0.25) is 15.9 Å². The molecule has 2 aliphatic heterocycles. The maximum Gasteiger partial charge on any atom is 0.243 e. The molecule has 2 N–H and O–H groups in total. The van der Waals surface area contributed by atoms with Crippen molar-refractivity contribution in [2.24, 2.45) is 5.92 Å². The molecule has 0 bridgehead atoms. The number of carbonyl (C=O) groups is 1. The van der Waals surface area contributed by atoms with E-state index in [0.717, 1.165) is 6.42 Å². The Kier molecular flexibility index (Phi) is 6.56. The van der Waals surface area contributed by atoms with Gasteiger partial charge in [0.15, 0.2) is 11.5 Å². The summed E-state index contributed by atoms with van der Waals surface area (Å²) in [6.45, 7) is 3.02. The third kappa shape index (κ3) is 4.72. The Morgan fingerprint density at radius 2 is 1.85 bits per heavy atom. The number of hydrogen-bond acceptors (Lipinski definition) is 6. The number of ether oxygens (including phenoxy) is 2. The molecule has 150 valence electrons. The molecule has 1 fully saturated rings. The molecule has 0 radical (unpaired) electrons. The van der Waals surface area contributed by atoms with E-state index in [4.69, 9.17) is 9.47 Å². The predicted molar refractivity (Wildman–Crippen MR) is 100 cm³/mol. The van der Waals surface area contributed by atoms with Crippen molar-refractivity contribution in [1.82, 2.24) is 14.9 Å². The van der Waals surface area contributed by atoms with E-state index in [9.17, 15) is 13.2 Å². The van der Waals surface area contributed by atoms with Crippen molar-refractivity contribution in [1.29, 1.82) is 0 Å². The molecule has 1 aromatic carbocycles. The molecular formula is C18H27N3O5S. The van der Waals surface area contributed by atoms with Crippen molar-refractivity contribution in [2.75, 3.05) is 46.4 Å². The second-order valence-corrected chi connectivity index (χ2v) is 8.67. The number of carbonyl (C=O) groups excluding carboxylic acids is 1. The van der Waals surface area contributed by atoms with Gasteiger partial charge in [0.25, 0.3) is 0 Å². The number of likely N-dealkylation sites (N-methyl/N-ethyl adjacent to an activating group) is 1. The van der Waals surface area contributed by atoms with Crippen molar-refractivity contribution in [3.05, 3.63) is 18.2 Å². The van der Waals surface area contributed by atoms with Crippen LogP contribution in [0.1, 0.15) is 19.3 Å². The average molecular weight is 397 g/mol. The van der Waals surface area contributed by atoms with Crippen LogP contribution in [0.2, 0.25) is 0 Å². The summed E-state index contributed by atoms with van der Waals surface area (Å²) in [7, 11) is -1.79. The molecule has 1 amide bonds. The van der Waals surface area contributed by atoms with E-state index in [1.54, 1.807) is 12.1 Å². The molecule has 27 heavy (non-hydrogen) atoms. The van der Waals surface area contributed by atoms with Gasteiger partial charge in [-0.25, -0.2) is 8.42 Å². The van der Waals surface area contributed by atoms with Crippen LogP contribution < -0.4 is 20.1 Å². The number of fused-ring (bicyclic) bond motifs is 1. The number of benzene rings is 1. The van der Waals surface area contributed by atoms with Crippen LogP contribution >= 0.6 is 0 Å². The van der Waals surface area contributed by atoms with Crippen LogP contribution in [-0.2, 0) is 14.8 Å². The highest BCUT2D eigenvalue weighted by molar-refractivity contribution is 7.89. The van der Waals surface area contributed by atoms with Crippen LogP contribution in [-0.4, -0.2) is 65.1 Å². The lowest BCUT2D eigenvalue weighted by atomic mass is 9.97. The lowest BCUT2D eigenvalue weighted by molar-refractivity contribution is -0.126. The molecule has 0 unspecified atom stereocenters. The normalized spacial score (nSPS) is 18.7. The summed E-state index contributed by atoms with van der Waals surface area (Å²) in [5.41, 5.74) is 0. The summed E-state index contributed by atoms with van der Waals surface area (Å²) in [6.07, 6.45) is 1.81. The number of piperidine rings is 1. The Labute approximate surface area is 160 Å². The van der Waals surface area contributed by atoms with E-state index >= 15 is 0 Å². The Hall–Kier alpha value is -1.84. The summed E-state index contributed by atoms with van der Waals surface area (Å²) in [6, 6.07) is 4.74. The second-order valence-electron chi connectivity index (χ2n) is 6.73. The van der Waals surface area contributed by atoms with Crippen LogP contribution in [0.25, 0.3) is 0 Å². The fourth-order valence-corrected chi connectivity index (χ4v) is 4.75. The predicted octanol–water partition coefficient (Wildman–Crippen LogP) is 0.584. The van der Waals surface area contributed by atoms with Gasteiger partial charge in [-0.15, -0.1) is 0 Å². The summed E-state index contributed by atoms with van der Waals surface area (Å²) >= 11 is 0. The SMILES string of the molecule is CNCCNC(=O)C1CCN(S(=O)(=O)c2ccc3c(c2)OCCCO3)CC1. The summed E-state index contributed by atoms with van der Waals surface area (Å²) in [4.78, 5) is 12.4. The zero-order chi connectivity index (χ0) is 19.3. The van der Waals surface area contributed by atoms with E-state index in [1.165, 1.54) is 10.4 Å². The Morgan fingerprint density at radius 3 is 2.56 bits per heavy atom. The molecule has 8 nitrogen and oxygen atoms in total. The van der Waals surface area contributed by atoms with Gasteiger partial charge >= 0.3 is 0 Å². The number of sulfonamides is 1. The highest BCUT2D eigenvalue weighted by Crippen LogP contribution is 2.33. The van der Waals surface area contributed by atoms with Crippen LogP contribution in [0.4, 0.5) is 0 Å². The molecule has 1 aromatic rings. The van der Waals surface area contributed by atoms with E-state index < -0.39 is 10.0 Å². The van der Waals surface area contributed by atoms with Crippen LogP contribution in [0.3, 0.4) is 0 Å². The van der Waals surface area contributed by atoms with Crippen LogP contribution in [0, 0.1) is 5.92 Å². The molecule has 2 aliphatic rings. The van der Waals surface area contributed by atoms with Crippen molar-refractivity contribution in [3.63, 3.8) is 0 Å². The molecule has 1 saturated heterocycles. The highest BCUT2D eigenvalue weighted by atomic mass is 32.2. The minimum Gasteiger partial charge on any atom is -0.490 e. The third-order valence-electron chi connectivity index (χ3n) is 4.86. The first-order valence-electron chi connectivity index (χ1n) is 9.34. The Bertz CT molecular complexity index is 760. The molecule has 0 aliphatic carbocycles. The molecule has 0 aromatic heterocycles. The largest absolute Gasteiger partial charge is 0.490 e. The van der Waals surface area contributed by atoms with E-state index in [0.29, 0.717) is 63.7 Å². The number of nitrogens with zero attached hydrogens (tertiary/aromatic N) is 1. The zero-order valence-corrected chi connectivity index (χ0v) is 16.4. The van der Waals surface area contributed by atoms with Gasteiger partial charge in [0, 0.05) is 44.6 Å². The van der Waals surface area contributed by atoms with E-state index in [1.807, 2.05) is 7.05 Å². The molecule has 2 heterocycles. The van der Waals surface area contributed by atoms with Crippen molar-refractivity contribution in [3.8, 4) is 11.5 Å².